The summed E-state index contributed by atoms with van der Waals surface area (Å²) in [6.07, 6.45) is 0. The van der Waals surface area contributed by atoms with Crippen LogP contribution in [0.3, 0.4) is 0 Å². The largest absolute Gasteiger partial charge is 0.302 e. The van der Waals surface area contributed by atoms with E-state index in [9.17, 15) is 4.79 Å². The highest BCUT2D eigenvalue weighted by atomic mass is 32.2. The number of hydrogen-bond donors (Lipinski definition) is 0. The molecule has 1 saturated heterocycles. The Bertz CT molecular complexity index is 320. The topological polar surface area (TPSA) is 20.3 Å². The minimum Gasteiger partial charge on any atom is -0.302 e. The fourth-order valence-electron chi connectivity index (χ4n) is 1.32. The first kappa shape index (κ1) is 8.63. The Hall–Kier alpha value is -0.960. The fourth-order valence-corrected chi connectivity index (χ4v) is 2.21. The molecule has 0 aromatic heterocycles. The second-order valence-electron chi connectivity index (χ2n) is 3.13. The standard InChI is InChI=1S/C10H11NOS/c1-8-2-4-9(5-3-8)11-7-13-6-10(11)12/h2-5H,6-7H2,1H3. The second-order valence-corrected chi connectivity index (χ2v) is 4.09. The maximum Gasteiger partial charge on any atom is 0.237 e. The summed E-state index contributed by atoms with van der Waals surface area (Å²) in [5.41, 5.74) is 2.24. The van der Waals surface area contributed by atoms with E-state index in [0.717, 1.165) is 11.6 Å². The zero-order valence-corrected chi connectivity index (χ0v) is 8.30. The second kappa shape index (κ2) is 3.42. The van der Waals surface area contributed by atoms with Gasteiger partial charge in [0.1, 0.15) is 0 Å². The van der Waals surface area contributed by atoms with E-state index in [1.54, 1.807) is 11.8 Å². The van der Waals surface area contributed by atoms with Crippen LogP contribution < -0.4 is 4.90 Å². The number of nitrogens with zero attached hydrogens (tertiary/aromatic N) is 1. The summed E-state index contributed by atoms with van der Waals surface area (Å²) in [6, 6.07) is 8.06. The average molecular weight is 193 g/mol. The van der Waals surface area contributed by atoms with Crippen LogP contribution in [0.25, 0.3) is 0 Å². The lowest BCUT2D eigenvalue weighted by atomic mass is 10.2. The SMILES string of the molecule is Cc1ccc(N2CSCC2=O)cc1. The number of anilines is 1. The molecule has 1 aliphatic rings. The highest BCUT2D eigenvalue weighted by Gasteiger charge is 2.21. The normalized spacial score (nSPS) is 16.7. The Morgan fingerprint density at radius 1 is 1.31 bits per heavy atom. The molecule has 0 aliphatic carbocycles. The third-order valence-electron chi connectivity index (χ3n) is 2.09. The van der Waals surface area contributed by atoms with Crippen molar-refractivity contribution in [3.63, 3.8) is 0 Å². The van der Waals surface area contributed by atoms with Gasteiger partial charge in [0.15, 0.2) is 0 Å². The Kier molecular flexibility index (Phi) is 2.27. The van der Waals surface area contributed by atoms with Gasteiger partial charge in [-0.3, -0.25) is 4.79 Å². The molecule has 2 rings (SSSR count). The quantitative estimate of drug-likeness (QED) is 0.680. The Balaban J connectivity index is 2.25. The summed E-state index contributed by atoms with van der Waals surface area (Å²) < 4.78 is 0. The lowest BCUT2D eigenvalue weighted by molar-refractivity contribution is -0.115. The van der Waals surface area contributed by atoms with Crippen LogP contribution in [0, 0.1) is 6.92 Å². The predicted molar refractivity (Wildman–Crippen MR) is 56.0 cm³/mol. The smallest absolute Gasteiger partial charge is 0.237 e. The monoisotopic (exact) mass is 193 g/mol. The molecule has 1 aromatic carbocycles. The van der Waals surface area contributed by atoms with Gasteiger partial charge in [-0.15, -0.1) is 11.8 Å². The molecule has 0 spiro atoms. The summed E-state index contributed by atoms with van der Waals surface area (Å²) in [7, 11) is 0. The molecule has 2 nitrogen and oxygen atoms in total. The third-order valence-corrected chi connectivity index (χ3v) is 2.98. The lowest BCUT2D eigenvalue weighted by Crippen LogP contribution is -2.24. The van der Waals surface area contributed by atoms with Crippen molar-refractivity contribution in [2.75, 3.05) is 16.5 Å². The summed E-state index contributed by atoms with van der Waals surface area (Å²) in [6.45, 7) is 2.05. The molecule has 1 aliphatic heterocycles. The van der Waals surface area contributed by atoms with E-state index >= 15 is 0 Å². The number of carbonyl (C=O) groups is 1. The van der Waals surface area contributed by atoms with Gasteiger partial charge in [-0.05, 0) is 19.1 Å². The fraction of sp³-hybridized carbons (Fsp3) is 0.300. The molecule has 1 fully saturated rings. The van der Waals surface area contributed by atoms with Crippen LogP contribution in [0.15, 0.2) is 24.3 Å². The van der Waals surface area contributed by atoms with Crippen LogP contribution in [0.1, 0.15) is 5.56 Å². The van der Waals surface area contributed by atoms with Crippen molar-refractivity contribution >= 4 is 23.4 Å². The van der Waals surface area contributed by atoms with Crippen molar-refractivity contribution in [3.8, 4) is 0 Å². The van der Waals surface area contributed by atoms with Gasteiger partial charge in [0, 0.05) is 5.69 Å². The van der Waals surface area contributed by atoms with E-state index in [1.807, 2.05) is 36.1 Å². The molecule has 1 heterocycles. The minimum absolute atomic E-state index is 0.217. The van der Waals surface area contributed by atoms with Crippen molar-refractivity contribution in [2.24, 2.45) is 0 Å². The summed E-state index contributed by atoms with van der Waals surface area (Å²) in [4.78, 5) is 13.2. The summed E-state index contributed by atoms with van der Waals surface area (Å²) >= 11 is 1.67. The molecule has 13 heavy (non-hydrogen) atoms. The van der Waals surface area contributed by atoms with Gasteiger partial charge in [-0.25, -0.2) is 0 Å². The Labute approximate surface area is 81.9 Å². The third kappa shape index (κ3) is 1.70. The number of hydrogen-bond acceptors (Lipinski definition) is 2. The molecule has 68 valence electrons. The maximum atomic E-state index is 11.4. The average Bonchev–Trinajstić information content (AvgIpc) is 2.53. The molecule has 3 heteroatoms. The number of carbonyl (C=O) groups excluding carboxylic acids is 1. The summed E-state index contributed by atoms with van der Waals surface area (Å²) in [5.74, 6) is 1.63. The van der Waals surface area contributed by atoms with Crippen LogP contribution in [0.4, 0.5) is 5.69 Å². The number of benzene rings is 1. The molecular weight excluding hydrogens is 182 g/mol. The van der Waals surface area contributed by atoms with Gasteiger partial charge in [-0.1, -0.05) is 17.7 Å². The van der Waals surface area contributed by atoms with Gasteiger partial charge < -0.3 is 4.90 Å². The first-order valence-electron chi connectivity index (χ1n) is 4.22. The van der Waals surface area contributed by atoms with Crippen molar-refractivity contribution < 1.29 is 4.79 Å². The zero-order chi connectivity index (χ0) is 9.26. The van der Waals surface area contributed by atoms with Crippen LogP contribution >= 0.6 is 11.8 Å². The van der Waals surface area contributed by atoms with Gasteiger partial charge >= 0.3 is 0 Å². The van der Waals surface area contributed by atoms with Gasteiger partial charge in [0.2, 0.25) is 5.91 Å². The number of amides is 1. The Morgan fingerprint density at radius 3 is 2.54 bits per heavy atom. The van der Waals surface area contributed by atoms with Crippen LogP contribution in [0.2, 0.25) is 0 Å². The van der Waals surface area contributed by atoms with Crippen molar-refractivity contribution in [1.29, 1.82) is 0 Å². The highest BCUT2D eigenvalue weighted by Crippen LogP contribution is 2.23. The molecule has 1 aromatic rings. The molecule has 0 atom stereocenters. The molecular formula is C10H11NOS. The highest BCUT2D eigenvalue weighted by molar-refractivity contribution is 8.00. The lowest BCUT2D eigenvalue weighted by Gasteiger charge is -2.14. The van der Waals surface area contributed by atoms with Crippen LogP contribution in [-0.4, -0.2) is 17.5 Å². The zero-order valence-electron chi connectivity index (χ0n) is 7.49. The van der Waals surface area contributed by atoms with Crippen molar-refractivity contribution in [3.05, 3.63) is 29.8 Å². The molecule has 0 N–H and O–H groups in total. The molecule has 0 radical (unpaired) electrons. The number of thioether (sulfide) groups is 1. The van der Waals surface area contributed by atoms with Crippen molar-refractivity contribution in [2.45, 2.75) is 6.92 Å². The minimum atomic E-state index is 0.217. The van der Waals surface area contributed by atoms with Gasteiger partial charge in [0.25, 0.3) is 0 Å². The van der Waals surface area contributed by atoms with Gasteiger partial charge in [0.05, 0.1) is 11.6 Å². The molecule has 0 unspecified atom stereocenters. The van der Waals surface area contributed by atoms with Crippen LogP contribution in [-0.2, 0) is 4.79 Å². The van der Waals surface area contributed by atoms with E-state index in [1.165, 1.54) is 5.56 Å². The number of rotatable bonds is 1. The number of aryl methyl sites for hydroxylation is 1. The Morgan fingerprint density at radius 2 is 2.00 bits per heavy atom. The first-order valence-corrected chi connectivity index (χ1v) is 5.37. The van der Waals surface area contributed by atoms with E-state index < -0.39 is 0 Å². The first-order chi connectivity index (χ1) is 6.27. The summed E-state index contributed by atoms with van der Waals surface area (Å²) in [5, 5.41) is 0. The van der Waals surface area contributed by atoms with E-state index in [-0.39, 0.29) is 5.91 Å². The van der Waals surface area contributed by atoms with E-state index in [4.69, 9.17) is 0 Å². The van der Waals surface area contributed by atoms with E-state index in [0.29, 0.717) is 5.75 Å². The molecule has 0 saturated carbocycles. The van der Waals surface area contributed by atoms with Crippen LogP contribution in [0.5, 0.6) is 0 Å². The van der Waals surface area contributed by atoms with E-state index in [2.05, 4.69) is 0 Å². The van der Waals surface area contributed by atoms with Crippen molar-refractivity contribution in [1.82, 2.24) is 0 Å². The maximum absolute atomic E-state index is 11.4. The molecule has 1 amide bonds. The van der Waals surface area contributed by atoms with Gasteiger partial charge in [-0.2, -0.15) is 0 Å². The molecule has 0 bridgehead atoms. The predicted octanol–water partition coefficient (Wildman–Crippen LogP) is 2.03.